The summed E-state index contributed by atoms with van der Waals surface area (Å²) in [6.07, 6.45) is 6.51. The smallest absolute Gasteiger partial charge is 0.0507 e. The molecule has 1 unspecified atom stereocenters. The summed E-state index contributed by atoms with van der Waals surface area (Å²) in [6, 6.07) is 8.70. The van der Waals surface area contributed by atoms with Crippen LogP contribution < -0.4 is 5.32 Å². The molecule has 1 N–H and O–H groups in total. The molecule has 1 atom stereocenters. The van der Waals surface area contributed by atoms with Crippen LogP contribution in [0.2, 0.25) is 5.02 Å². The van der Waals surface area contributed by atoms with Crippen LogP contribution in [0.5, 0.6) is 0 Å². The van der Waals surface area contributed by atoms with Gasteiger partial charge in [0.1, 0.15) is 0 Å². The van der Waals surface area contributed by atoms with Gasteiger partial charge in [0.25, 0.3) is 0 Å². The third kappa shape index (κ3) is 3.19. The van der Waals surface area contributed by atoms with Crippen molar-refractivity contribution in [3.63, 3.8) is 0 Å². The van der Waals surface area contributed by atoms with Crippen molar-refractivity contribution in [2.24, 2.45) is 0 Å². The third-order valence-corrected chi connectivity index (χ3v) is 4.97. The number of halogens is 1. The van der Waals surface area contributed by atoms with Crippen molar-refractivity contribution in [3.05, 3.63) is 34.9 Å². The first kappa shape index (κ1) is 15.8. The van der Waals surface area contributed by atoms with Crippen molar-refractivity contribution in [2.75, 3.05) is 20.6 Å². The molecule has 1 aromatic carbocycles. The largest absolute Gasteiger partial charge is 0.309 e. The second kappa shape index (κ2) is 6.93. The Labute approximate surface area is 128 Å². The zero-order chi connectivity index (χ0) is 14.6. The summed E-state index contributed by atoms with van der Waals surface area (Å²) >= 11 is 6.21. The Balaban J connectivity index is 2.38. The molecule has 20 heavy (non-hydrogen) atoms. The zero-order valence-electron chi connectivity index (χ0n) is 13.0. The van der Waals surface area contributed by atoms with Gasteiger partial charge in [0, 0.05) is 10.6 Å². The molecule has 112 valence electrons. The highest BCUT2D eigenvalue weighted by Crippen LogP contribution is 2.42. The van der Waals surface area contributed by atoms with Gasteiger partial charge in [-0.05, 0) is 51.2 Å². The van der Waals surface area contributed by atoms with Crippen LogP contribution in [0.4, 0.5) is 0 Å². The molecule has 1 aliphatic carbocycles. The van der Waals surface area contributed by atoms with Gasteiger partial charge in [-0.15, -0.1) is 0 Å². The van der Waals surface area contributed by atoms with Crippen LogP contribution in [-0.4, -0.2) is 31.1 Å². The summed E-state index contributed by atoms with van der Waals surface area (Å²) < 4.78 is 0. The fourth-order valence-corrected chi connectivity index (χ4v) is 3.87. The molecule has 0 bridgehead atoms. The van der Waals surface area contributed by atoms with Crippen LogP contribution >= 0.6 is 11.6 Å². The first-order valence-corrected chi connectivity index (χ1v) is 8.14. The highest BCUT2D eigenvalue weighted by atomic mass is 35.5. The van der Waals surface area contributed by atoms with Gasteiger partial charge >= 0.3 is 0 Å². The number of nitrogens with zero attached hydrogens (tertiary/aromatic N) is 1. The predicted octanol–water partition coefficient (Wildman–Crippen LogP) is 4.26. The van der Waals surface area contributed by atoms with Crippen molar-refractivity contribution >= 4 is 11.6 Å². The molecule has 0 spiro atoms. The molecule has 1 aromatic rings. The Morgan fingerprint density at radius 1 is 1.25 bits per heavy atom. The second-order valence-electron chi connectivity index (χ2n) is 6.10. The Hall–Kier alpha value is -0.570. The maximum atomic E-state index is 6.21. The average molecular weight is 295 g/mol. The molecule has 0 radical (unpaired) electrons. The van der Waals surface area contributed by atoms with Crippen LogP contribution in [0.15, 0.2) is 24.3 Å². The van der Waals surface area contributed by atoms with E-state index in [0.717, 1.165) is 11.6 Å². The van der Waals surface area contributed by atoms with E-state index in [4.69, 9.17) is 11.6 Å². The summed E-state index contributed by atoms with van der Waals surface area (Å²) in [6.45, 7) is 3.16. The summed E-state index contributed by atoms with van der Waals surface area (Å²) in [5.74, 6) is 0. The van der Waals surface area contributed by atoms with Crippen LogP contribution in [0, 0.1) is 0 Å². The summed E-state index contributed by atoms with van der Waals surface area (Å²) in [4.78, 5) is 2.43. The molecule has 1 aliphatic rings. The minimum Gasteiger partial charge on any atom is -0.309 e. The Bertz CT molecular complexity index is 425. The first-order chi connectivity index (χ1) is 9.60. The SMILES string of the molecule is CCNC(c1cccc(Cl)c1)C1(N(C)C)CCCCC1. The molecule has 2 rings (SSSR count). The van der Waals surface area contributed by atoms with Crippen molar-refractivity contribution in [3.8, 4) is 0 Å². The lowest BCUT2D eigenvalue weighted by Gasteiger charge is -2.49. The van der Waals surface area contributed by atoms with Gasteiger partial charge in [0.05, 0.1) is 6.04 Å². The lowest BCUT2D eigenvalue weighted by molar-refractivity contribution is 0.0570. The number of hydrogen-bond acceptors (Lipinski definition) is 2. The minimum atomic E-state index is 0.207. The van der Waals surface area contributed by atoms with Gasteiger partial charge in [-0.3, -0.25) is 0 Å². The second-order valence-corrected chi connectivity index (χ2v) is 6.54. The minimum absolute atomic E-state index is 0.207. The van der Waals surface area contributed by atoms with Crippen LogP contribution in [0.25, 0.3) is 0 Å². The van der Waals surface area contributed by atoms with E-state index in [-0.39, 0.29) is 5.54 Å². The third-order valence-electron chi connectivity index (χ3n) is 4.74. The molecule has 1 fully saturated rings. The molecule has 0 amide bonds. The monoisotopic (exact) mass is 294 g/mol. The number of hydrogen-bond donors (Lipinski definition) is 1. The summed E-state index contributed by atoms with van der Waals surface area (Å²) in [5, 5.41) is 4.55. The maximum Gasteiger partial charge on any atom is 0.0507 e. The summed E-state index contributed by atoms with van der Waals surface area (Å²) in [5.41, 5.74) is 1.52. The quantitative estimate of drug-likeness (QED) is 0.873. The number of rotatable bonds is 5. The topological polar surface area (TPSA) is 15.3 Å². The van der Waals surface area contributed by atoms with Gasteiger partial charge in [-0.1, -0.05) is 49.9 Å². The lowest BCUT2D eigenvalue weighted by atomic mass is 9.73. The van der Waals surface area contributed by atoms with E-state index in [1.807, 2.05) is 6.07 Å². The summed E-state index contributed by atoms with van der Waals surface area (Å²) in [7, 11) is 4.44. The van der Waals surface area contributed by atoms with Gasteiger partial charge in [0.15, 0.2) is 0 Å². The van der Waals surface area contributed by atoms with Crippen molar-refractivity contribution in [2.45, 2.75) is 50.6 Å². The maximum absolute atomic E-state index is 6.21. The predicted molar refractivity (Wildman–Crippen MR) is 87.4 cm³/mol. The fraction of sp³-hybridized carbons (Fsp3) is 0.647. The van der Waals surface area contributed by atoms with Gasteiger partial charge < -0.3 is 10.2 Å². The molecule has 2 nitrogen and oxygen atoms in total. The number of likely N-dealkylation sites (N-methyl/N-ethyl adjacent to an activating group) is 2. The van der Waals surface area contributed by atoms with Crippen LogP contribution in [0.3, 0.4) is 0 Å². The van der Waals surface area contributed by atoms with Gasteiger partial charge in [-0.2, -0.15) is 0 Å². The van der Waals surface area contributed by atoms with Crippen LogP contribution in [-0.2, 0) is 0 Å². The molecule has 0 aromatic heterocycles. The van der Waals surface area contributed by atoms with E-state index in [0.29, 0.717) is 6.04 Å². The Kier molecular flexibility index (Phi) is 5.48. The van der Waals surface area contributed by atoms with Gasteiger partial charge in [-0.25, -0.2) is 0 Å². The van der Waals surface area contributed by atoms with Crippen LogP contribution in [0.1, 0.15) is 50.6 Å². The lowest BCUT2D eigenvalue weighted by Crippen LogP contribution is -2.54. The highest BCUT2D eigenvalue weighted by molar-refractivity contribution is 6.30. The molecule has 0 heterocycles. The van der Waals surface area contributed by atoms with E-state index in [1.54, 1.807) is 0 Å². The standard InChI is InChI=1S/C17H27ClN2/c1-4-19-16(14-9-8-10-15(18)13-14)17(20(2)3)11-6-5-7-12-17/h8-10,13,16,19H,4-7,11-12H2,1-3H3. The zero-order valence-corrected chi connectivity index (χ0v) is 13.7. The first-order valence-electron chi connectivity index (χ1n) is 7.76. The normalized spacial score (nSPS) is 20.1. The molecular weight excluding hydrogens is 268 g/mol. The molecule has 0 saturated heterocycles. The fourth-order valence-electron chi connectivity index (χ4n) is 3.67. The number of benzene rings is 1. The van der Waals surface area contributed by atoms with Crippen molar-refractivity contribution in [1.29, 1.82) is 0 Å². The molecular formula is C17H27ClN2. The Morgan fingerprint density at radius 3 is 2.50 bits per heavy atom. The van der Waals surface area contributed by atoms with E-state index in [1.165, 1.54) is 37.7 Å². The van der Waals surface area contributed by atoms with Crippen molar-refractivity contribution in [1.82, 2.24) is 10.2 Å². The van der Waals surface area contributed by atoms with Gasteiger partial charge in [0.2, 0.25) is 0 Å². The van der Waals surface area contributed by atoms with E-state index < -0.39 is 0 Å². The number of nitrogens with one attached hydrogen (secondary N) is 1. The van der Waals surface area contributed by atoms with E-state index in [2.05, 4.69) is 49.4 Å². The Morgan fingerprint density at radius 2 is 1.95 bits per heavy atom. The van der Waals surface area contributed by atoms with Crippen molar-refractivity contribution < 1.29 is 0 Å². The molecule has 3 heteroatoms. The molecule has 0 aliphatic heterocycles. The van der Waals surface area contributed by atoms with E-state index in [9.17, 15) is 0 Å². The average Bonchev–Trinajstić information content (AvgIpc) is 2.45. The highest BCUT2D eigenvalue weighted by Gasteiger charge is 2.42. The molecule has 1 saturated carbocycles. The van der Waals surface area contributed by atoms with E-state index >= 15 is 0 Å².